The Balaban J connectivity index is 1.74. The molecule has 164 valence electrons. The zero-order valence-corrected chi connectivity index (χ0v) is 17.0. The van der Waals surface area contributed by atoms with Gasteiger partial charge in [0, 0.05) is 26.2 Å². The Morgan fingerprint density at radius 3 is 2.68 bits per heavy atom. The maximum absolute atomic E-state index is 13.9. The van der Waals surface area contributed by atoms with Crippen molar-refractivity contribution in [3.63, 3.8) is 0 Å². The van der Waals surface area contributed by atoms with Gasteiger partial charge in [-0.1, -0.05) is 0 Å². The monoisotopic (exact) mass is 430 g/mol. The molecule has 1 amide bonds. The molecule has 0 spiro atoms. The van der Waals surface area contributed by atoms with Crippen molar-refractivity contribution in [2.75, 3.05) is 46.5 Å². The van der Waals surface area contributed by atoms with E-state index in [-0.39, 0.29) is 23.4 Å². The number of rotatable bonds is 6. The molecule has 0 saturated carbocycles. The Hall–Kier alpha value is -3.17. The van der Waals surface area contributed by atoms with Gasteiger partial charge in [-0.2, -0.15) is 0 Å². The van der Waals surface area contributed by atoms with Crippen LogP contribution in [0.5, 0.6) is 5.75 Å². The van der Waals surface area contributed by atoms with E-state index in [1.165, 1.54) is 30.4 Å². The Morgan fingerprint density at radius 2 is 2.00 bits per heavy atom. The quantitative estimate of drug-likeness (QED) is 0.427. The first-order valence-corrected chi connectivity index (χ1v) is 9.97. The lowest BCUT2D eigenvalue weighted by Crippen LogP contribution is -2.42. The number of methoxy groups -OCH3 is 1. The van der Waals surface area contributed by atoms with Crippen molar-refractivity contribution in [2.24, 2.45) is 0 Å². The second-order valence-corrected chi connectivity index (χ2v) is 7.31. The van der Waals surface area contributed by atoms with E-state index in [0.29, 0.717) is 25.5 Å². The summed E-state index contributed by atoms with van der Waals surface area (Å²) in [7, 11) is 1.37. The van der Waals surface area contributed by atoms with E-state index in [0.717, 1.165) is 19.2 Å². The first-order chi connectivity index (χ1) is 15.0. The molecular formula is C22H23FN2O6. The van der Waals surface area contributed by atoms with Crippen LogP contribution in [0.2, 0.25) is 0 Å². The molecular weight excluding hydrogens is 407 g/mol. The van der Waals surface area contributed by atoms with Crippen LogP contribution in [0.1, 0.15) is 17.4 Å². The number of furan rings is 1. The molecule has 0 aliphatic carbocycles. The number of carbonyl (C=O) groups is 2. The van der Waals surface area contributed by atoms with E-state index < -0.39 is 29.3 Å². The SMILES string of the molecule is COc1ccc(F)cc1/C(O)=C1\C(=O)C(=O)N(CCN2CCOCC2)[C@@H]1c1ccco1. The molecule has 2 saturated heterocycles. The number of likely N-dealkylation sites (tertiary alicyclic amines) is 1. The zero-order valence-electron chi connectivity index (χ0n) is 17.0. The number of Topliss-reactive ketones (excluding diaryl/α,β-unsaturated/α-hetero) is 1. The first kappa shape index (κ1) is 21.1. The third kappa shape index (κ3) is 4.06. The van der Waals surface area contributed by atoms with Gasteiger partial charge in [0.15, 0.2) is 0 Å². The van der Waals surface area contributed by atoms with E-state index in [1.54, 1.807) is 12.1 Å². The number of amides is 1. The van der Waals surface area contributed by atoms with E-state index in [4.69, 9.17) is 13.9 Å². The number of benzene rings is 1. The number of hydrogen-bond donors (Lipinski definition) is 1. The van der Waals surface area contributed by atoms with Gasteiger partial charge in [-0.05, 0) is 30.3 Å². The van der Waals surface area contributed by atoms with Crippen LogP contribution in [0.4, 0.5) is 4.39 Å². The van der Waals surface area contributed by atoms with Crippen molar-refractivity contribution >= 4 is 17.4 Å². The first-order valence-electron chi connectivity index (χ1n) is 9.97. The van der Waals surface area contributed by atoms with Crippen molar-refractivity contribution in [2.45, 2.75) is 6.04 Å². The number of ether oxygens (including phenoxy) is 2. The molecule has 4 rings (SSSR count). The van der Waals surface area contributed by atoms with Crippen LogP contribution in [0.15, 0.2) is 46.6 Å². The van der Waals surface area contributed by atoms with Crippen molar-refractivity contribution in [1.29, 1.82) is 0 Å². The van der Waals surface area contributed by atoms with Gasteiger partial charge < -0.3 is 23.9 Å². The zero-order chi connectivity index (χ0) is 22.0. The van der Waals surface area contributed by atoms with Gasteiger partial charge in [0.1, 0.15) is 29.1 Å². The van der Waals surface area contributed by atoms with Crippen LogP contribution in [0.25, 0.3) is 5.76 Å². The number of morpholine rings is 1. The molecule has 1 aromatic carbocycles. The average molecular weight is 430 g/mol. The van der Waals surface area contributed by atoms with E-state index >= 15 is 0 Å². The van der Waals surface area contributed by atoms with Gasteiger partial charge in [-0.15, -0.1) is 0 Å². The summed E-state index contributed by atoms with van der Waals surface area (Å²) in [5.41, 5.74) is -0.170. The van der Waals surface area contributed by atoms with Gasteiger partial charge >= 0.3 is 0 Å². The van der Waals surface area contributed by atoms with Gasteiger partial charge in [0.05, 0.1) is 37.7 Å². The number of nitrogens with zero attached hydrogens (tertiary/aromatic N) is 2. The number of aliphatic hydroxyl groups is 1. The summed E-state index contributed by atoms with van der Waals surface area (Å²) < 4.78 is 29.9. The fourth-order valence-electron chi connectivity index (χ4n) is 3.94. The highest BCUT2D eigenvalue weighted by molar-refractivity contribution is 6.46. The number of ketones is 1. The van der Waals surface area contributed by atoms with Crippen molar-refractivity contribution < 1.29 is 33.0 Å². The van der Waals surface area contributed by atoms with E-state index in [2.05, 4.69) is 4.90 Å². The molecule has 2 aliphatic rings. The molecule has 31 heavy (non-hydrogen) atoms. The summed E-state index contributed by atoms with van der Waals surface area (Å²) in [6.07, 6.45) is 1.43. The minimum absolute atomic E-state index is 0.00904. The number of carbonyl (C=O) groups excluding carboxylic acids is 2. The van der Waals surface area contributed by atoms with Gasteiger partial charge in [-0.25, -0.2) is 4.39 Å². The van der Waals surface area contributed by atoms with Gasteiger partial charge in [0.2, 0.25) is 0 Å². The lowest BCUT2D eigenvalue weighted by atomic mass is 9.98. The number of halogens is 1. The number of aliphatic hydroxyl groups excluding tert-OH is 1. The fourth-order valence-corrected chi connectivity index (χ4v) is 3.94. The molecule has 2 aromatic rings. The molecule has 9 heteroatoms. The Kier molecular flexibility index (Phi) is 6.06. The average Bonchev–Trinajstić information content (AvgIpc) is 3.40. The summed E-state index contributed by atoms with van der Waals surface area (Å²) >= 11 is 0. The summed E-state index contributed by atoms with van der Waals surface area (Å²) in [6, 6.07) is 5.94. The Labute approximate surface area is 178 Å². The molecule has 0 radical (unpaired) electrons. The predicted molar refractivity (Wildman–Crippen MR) is 108 cm³/mol. The van der Waals surface area contributed by atoms with Crippen LogP contribution in [-0.2, 0) is 14.3 Å². The second-order valence-electron chi connectivity index (χ2n) is 7.31. The van der Waals surface area contributed by atoms with Crippen LogP contribution in [-0.4, -0.2) is 73.1 Å². The molecule has 3 heterocycles. The minimum atomic E-state index is -0.927. The second kappa shape index (κ2) is 8.91. The van der Waals surface area contributed by atoms with Crippen LogP contribution < -0.4 is 4.74 Å². The van der Waals surface area contributed by atoms with Gasteiger partial charge in [-0.3, -0.25) is 14.5 Å². The summed E-state index contributed by atoms with van der Waals surface area (Å²) in [4.78, 5) is 29.4. The molecule has 2 aliphatic heterocycles. The lowest BCUT2D eigenvalue weighted by Gasteiger charge is -2.30. The lowest BCUT2D eigenvalue weighted by molar-refractivity contribution is -0.140. The molecule has 2 fully saturated rings. The molecule has 1 N–H and O–H groups in total. The summed E-state index contributed by atoms with van der Waals surface area (Å²) in [5.74, 6) is -2.21. The normalized spacial score (nSPS) is 21.6. The van der Waals surface area contributed by atoms with Gasteiger partial charge in [0.25, 0.3) is 11.7 Å². The third-order valence-corrected chi connectivity index (χ3v) is 5.53. The minimum Gasteiger partial charge on any atom is -0.507 e. The molecule has 8 nitrogen and oxygen atoms in total. The van der Waals surface area contributed by atoms with Crippen molar-refractivity contribution in [1.82, 2.24) is 9.80 Å². The van der Waals surface area contributed by atoms with Crippen LogP contribution >= 0.6 is 0 Å². The maximum atomic E-state index is 13.9. The largest absolute Gasteiger partial charge is 0.507 e. The molecule has 0 bridgehead atoms. The Morgan fingerprint density at radius 1 is 1.23 bits per heavy atom. The predicted octanol–water partition coefficient (Wildman–Crippen LogP) is 2.18. The maximum Gasteiger partial charge on any atom is 0.295 e. The fraction of sp³-hybridized carbons (Fsp3) is 0.364. The van der Waals surface area contributed by atoms with Crippen molar-refractivity contribution in [3.05, 3.63) is 59.3 Å². The highest BCUT2D eigenvalue weighted by atomic mass is 19.1. The summed E-state index contributed by atoms with van der Waals surface area (Å²) in [6.45, 7) is 3.48. The highest BCUT2D eigenvalue weighted by Gasteiger charge is 2.47. The molecule has 0 unspecified atom stereocenters. The third-order valence-electron chi connectivity index (χ3n) is 5.53. The van der Waals surface area contributed by atoms with Crippen molar-refractivity contribution in [3.8, 4) is 5.75 Å². The number of hydrogen-bond acceptors (Lipinski definition) is 7. The summed E-state index contributed by atoms with van der Waals surface area (Å²) in [5, 5.41) is 11.0. The topological polar surface area (TPSA) is 92.5 Å². The van der Waals surface area contributed by atoms with Crippen LogP contribution in [0, 0.1) is 5.82 Å². The standard InChI is InChI=1S/C22H23FN2O6/c1-29-16-5-4-14(23)13-15(16)20(26)18-19(17-3-2-10-31-17)25(22(28)21(18)27)7-6-24-8-11-30-12-9-24/h2-5,10,13,19,26H,6-9,11-12H2,1H3/b20-18+/t19-/m1/s1. The molecule has 1 atom stereocenters. The smallest absolute Gasteiger partial charge is 0.295 e. The highest BCUT2D eigenvalue weighted by Crippen LogP contribution is 2.41. The van der Waals surface area contributed by atoms with E-state index in [1.807, 2.05) is 0 Å². The Bertz CT molecular complexity index is 997. The molecule has 1 aromatic heterocycles. The van der Waals surface area contributed by atoms with Crippen LogP contribution in [0.3, 0.4) is 0 Å². The van der Waals surface area contributed by atoms with E-state index in [9.17, 15) is 19.1 Å².